The van der Waals surface area contributed by atoms with Crippen LogP contribution in [-0.2, 0) is 0 Å². The molecule has 1 fully saturated rings. The van der Waals surface area contributed by atoms with E-state index in [1.165, 1.54) is 25.8 Å². The first-order valence-electron chi connectivity index (χ1n) is 6.23. The van der Waals surface area contributed by atoms with Gasteiger partial charge in [-0.15, -0.1) is 0 Å². The molecule has 1 saturated heterocycles. The Labute approximate surface area is 95.2 Å². The smallest absolute Gasteiger partial charge is 0.0228 e. The molecule has 2 heteroatoms. The topological polar surface area (TPSA) is 29.3 Å². The van der Waals surface area contributed by atoms with Gasteiger partial charge in [0.05, 0.1) is 0 Å². The molecule has 0 saturated carbocycles. The summed E-state index contributed by atoms with van der Waals surface area (Å²) in [5.74, 6) is 0. The maximum Gasteiger partial charge on any atom is 0.0228 e. The van der Waals surface area contributed by atoms with Crippen molar-refractivity contribution >= 4 is 0 Å². The molecule has 0 spiro atoms. The maximum absolute atomic E-state index is 5.94. The molecule has 1 aliphatic heterocycles. The van der Waals surface area contributed by atoms with Gasteiger partial charge in [-0.1, -0.05) is 20.8 Å². The average molecular weight is 212 g/mol. The van der Waals surface area contributed by atoms with E-state index in [1.807, 2.05) is 0 Å². The molecule has 1 unspecified atom stereocenters. The van der Waals surface area contributed by atoms with Crippen LogP contribution in [0.5, 0.6) is 0 Å². The number of hydrogen-bond acceptors (Lipinski definition) is 2. The molecular formula is C13H28N2. The Morgan fingerprint density at radius 3 is 2.27 bits per heavy atom. The molecule has 0 aromatic heterocycles. The van der Waals surface area contributed by atoms with E-state index in [9.17, 15) is 0 Å². The van der Waals surface area contributed by atoms with Gasteiger partial charge >= 0.3 is 0 Å². The summed E-state index contributed by atoms with van der Waals surface area (Å²) < 4.78 is 0. The predicted molar refractivity (Wildman–Crippen MR) is 66.9 cm³/mol. The quantitative estimate of drug-likeness (QED) is 0.779. The van der Waals surface area contributed by atoms with Gasteiger partial charge in [-0.05, 0) is 45.1 Å². The van der Waals surface area contributed by atoms with E-state index < -0.39 is 0 Å². The first-order valence-corrected chi connectivity index (χ1v) is 6.23. The van der Waals surface area contributed by atoms with Gasteiger partial charge in [0.1, 0.15) is 0 Å². The number of likely N-dealkylation sites (tertiary alicyclic amines) is 1. The molecular weight excluding hydrogens is 184 g/mol. The highest BCUT2D eigenvalue weighted by Gasteiger charge is 2.37. The first kappa shape index (κ1) is 13.0. The second-order valence-corrected chi connectivity index (χ2v) is 6.76. The summed E-state index contributed by atoms with van der Waals surface area (Å²) in [5.41, 5.74) is 6.67. The maximum atomic E-state index is 5.94. The van der Waals surface area contributed by atoms with Crippen LogP contribution in [0.2, 0.25) is 0 Å². The largest absolute Gasteiger partial charge is 0.329 e. The van der Waals surface area contributed by atoms with Crippen LogP contribution in [0.15, 0.2) is 0 Å². The van der Waals surface area contributed by atoms with E-state index in [-0.39, 0.29) is 0 Å². The summed E-state index contributed by atoms with van der Waals surface area (Å²) in [6.45, 7) is 13.6. The van der Waals surface area contributed by atoms with Gasteiger partial charge in [0, 0.05) is 18.1 Å². The lowest BCUT2D eigenvalue weighted by Crippen LogP contribution is -2.50. The van der Waals surface area contributed by atoms with Gasteiger partial charge in [0.15, 0.2) is 0 Å². The van der Waals surface area contributed by atoms with Crippen molar-refractivity contribution in [3.05, 3.63) is 0 Å². The molecule has 0 aromatic rings. The number of hydrogen-bond donors (Lipinski definition) is 1. The third-order valence-electron chi connectivity index (χ3n) is 3.53. The molecule has 15 heavy (non-hydrogen) atoms. The van der Waals surface area contributed by atoms with Gasteiger partial charge in [-0.3, -0.25) is 4.90 Å². The van der Waals surface area contributed by atoms with E-state index in [0.29, 0.717) is 17.0 Å². The fourth-order valence-corrected chi connectivity index (χ4v) is 2.83. The molecule has 0 aromatic carbocycles. The molecule has 2 nitrogen and oxygen atoms in total. The van der Waals surface area contributed by atoms with Gasteiger partial charge in [-0.2, -0.15) is 0 Å². The van der Waals surface area contributed by atoms with Gasteiger partial charge in [-0.25, -0.2) is 0 Å². The summed E-state index contributed by atoms with van der Waals surface area (Å²) in [6, 6.07) is 0.558. The molecule has 0 amide bonds. The number of rotatable bonds is 3. The van der Waals surface area contributed by atoms with E-state index in [1.54, 1.807) is 0 Å². The minimum atomic E-state index is 0.356. The molecule has 1 atom stereocenters. The molecule has 0 bridgehead atoms. The Hall–Kier alpha value is -0.0800. The number of nitrogens with zero attached hydrogens (tertiary/aromatic N) is 1. The minimum Gasteiger partial charge on any atom is -0.329 e. The van der Waals surface area contributed by atoms with Crippen LogP contribution in [-0.4, -0.2) is 29.6 Å². The highest BCUT2D eigenvalue weighted by Crippen LogP contribution is 2.33. The molecule has 0 radical (unpaired) electrons. The highest BCUT2D eigenvalue weighted by atomic mass is 15.2. The lowest BCUT2D eigenvalue weighted by Gasteiger charge is -2.40. The van der Waals surface area contributed by atoms with Gasteiger partial charge < -0.3 is 5.73 Å². The Morgan fingerprint density at radius 2 is 1.93 bits per heavy atom. The molecule has 1 heterocycles. The third kappa shape index (κ3) is 3.46. The summed E-state index contributed by atoms with van der Waals surface area (Å²) in [5, 5.41) is 0. The third-order valence-corrected chi connectivity index (χ3v) is 3.53. The zero-order valence-corrected chi connectivity index (χ0v) is 11.1. The standard InChI is InChI=1S/C13H28N2/c1-12(2,3)9-11(10-14)15-8-6-7-13(15,4)5/h11H,6-10,14H2,1-5H3. The van der Waals surface area contributed by atoms with Crippen LogP contribution in [0.4, 0.5) is 0 Å². The summed E-state index contributed by atoms with van der Waals surface area (Å²) >= 11 is 0. The van der Waals surface area contributed by atoms with Crippen molar-refractivity contribution < 1.29 is 0 Å². The van der Waals surface area contributed by atoms with Crippen molar-refractivity contribution in [2.45, 2.75) is 65.5 Å². The summed E-state index contributed by atoms with van der Waals surface area (Å²) in [6.07, 6.45) is 3.84. The fourth-order valence-electron chi connectivity index (χ4n) is 2.83. The Kier molecular flexibility index (Phi) is 3.83. The lowest BCUT2D eigenvalue weighted by molar-refractivity contribution is 0.0904. The second-order valence-electron chi connectivity index (χ2n) is 6.76. The first-order chi connectivity index (χ1) is 6.76. The van der Waals surface area contributed by atoms with Crippen LogP contribution < -0.4 is 5.73 Å². The monoisotopic (exact) mass is 212 g/mol. The molecule has 0 aliphatic carbocycles. The van der Waals surface area contributed by atoms with Crippen LogP contribution in [0, 0.1) is 5.41 Å². The summed E-state index contributed by atoms with van der Waals surface area (Å²) in [4.78, 5) is 2.62. The van der Waals surface area contributed by atoms with Crippen molar-refractivity contribution in [2.24, 2.45) is 11.1 Å². The Balaban J connectivity index is 2.66. The molecule has 2 N–H and O–H groups in total. The summed E-state index contributed by atoms with van der Waals surface area (Å²) in [7, 11) is 0. The highest BCUT2D eigenvalue weighted by molar-refractivity contribution is 4.93. The second kappa shape index (κ2) is 4.42. The van der Waals surface area contributed by atoms with E-state index in [4.69, 9.17) is 5.73 Å². The van der Waals surface area contributed by atoms with E-state index in [2.05, 4.69) is 39.5 Å². The predicted octanol–water partition coefficient (Wildman–Crippen LogP) is 2.62. The van der Waals surface area contributed by atoms with Crippen LogP contribution in [0.3, 0.4) is 0 Å². The average Bonchev–Trinajstić information content (AvgIpc) is 2.39. The minimum absolute atomic E-state index is 0.356. The van der Waals surface area contributed by atoms with E-state index >= 15 is 0 Å². The molecule has 90 valence electrons. The SMILES string of the molecule is CC(C)(C)CC(CN)N1CCCC1(C)C. The van der Waals surface area contributed by atoms with Crippen molar-refractivity contribution in [1.29, 1.82) is 0 Å². The zero-order valence-electron chi connectivity index (χ0n) is 11.1. The van der Waals surface area contributed by atoms with Crippen molar-refractivity contribution in [2.75, 3.05) is 13.1 Å². The molecule has 1 rings (SSSR count). The molecule has 1 aliphatic rings. The van der Waals surface area contributed by atoms with Gasteiger partial charge in [0.2, 0.25) is 0 Å². The fraction of sp³-hybridized carbons (Fsp3) is 1.00. The van der Waals surface area contributed by atoms with Crippen LogP contribution >= 0.6 is 0 Å². The Morgan fingerprint density at radius 1 is 1.33 bits per heavy atom. The Bertz CT molecular complexity index is 203. The van der Waals surface area contributed by atoms with Crippen LogP contribution in [0.25, 0.3) is 0 Å². The van der Waals surface area contributed by atoms with Crippen molar-refractivity contribution in [1.82, 2.24) is 4.90 Å². The zero-order chi connectivity index (χ0) is 11.7. The van der Waals surface area contributed by atoms with Crippen LogP contribution in [0.1, 0.15) is 53.9 Å². The number of nitrogens with two attached hydrogens (primary N) is 1. The van der Waals surface area contributed by atoms with E-state index in [0.717, 1.165) is 6.54 Å². The van der Waals surface area contributed by atoms with Crippen molar-refractivity contribution in [3.8, 4) is 0 Å². The van der Waals surface area contributed by atoms with Crippen molar-refractivity contribution in [3.63, 3.8) is 0 Å². The van der Waals surface area contributed by atoms with Gasteiger partial charge in [0.25, 0.3) is 0 Å². The lowest BCUT2D eigenvalue weighted by atomic mass is 9.86. The normalized spacial score (nSPS) is 24.4.